The number of halogens is 1. The summed E-state index contributed by atoms with van der Waals surface area (Å²) in [7, 11) is 1.64. The topological polar surface area (TPSA) is 21.3 Å². The van der Waals surface area contributed by atoms with Crippen LogP contribution in [0.5, 0.6) is 5.75 Å². The molecule has 0 amide bonds. The first-order valence-corrected chi connectivity index (χ1v) is 6.88. The molecular weight excluding hydrogens is 253 g/mol. The fraction of sp³-hybridized carbons (Fsp3) is 0.294. The number of ether oxygens (including phenoxy) is 1. The SMILES string of the molecule is CCCNC(c1cccc(OC)c1)c1ccccc1F. The van der Waals surface area contributed by atoms with Gasteiger partial charge in [0.15, 0.2) is 0 Å². The van der Waals surface area contributed by atoms with E-state index in [1.54, 1.807) is 13.2 Å². The largest absolute Gasteiger partial charge is 0.497 e. The highest BCUT2D eigenvalue weighted by molar-refractivity contribution is 5.37. The Morgan fingerprint density at radius 1 is 1.15 bits per heavy atom. The fourth-order valence-corrected chi connectivity index (χ4v) is 2.23. The van der Waals surface area contributed by atoms with Crippen molar-refractivity contribution in [2.24, 2.45) is 0 Å². The molecule has 0 saturated heterocycles. The molecule has 0 fully saturated rings. The molecule has 0 bridgehead atoms. The van der Waals surface area contributed by atoms with E-state index < -0.39 is 0 Å². The van der Waals surface area contributed by atoms with Gasteiger partial charge >= 0.3 is 0 Å². The molecule has 0 aliphatic rings. The molecule has 1 atom stereocenters. The number of hydrogen-bond donors (Lipinski definition) is 1. The molecule has 106 valence electrons. The Hall–Kier alpha value is -1.87. The highest BCUT2D eigenvalue weighted by Gasteiger charge is 2.17. The Morgan fingerprint density at radius 2 is 1.95 bits per heavy atom. The van der Waals surface area contributed by atoms with Crippen LogP contribution in [0.25, 0.3) is 0 Å². The quantitative estimate of drug-likeness (QED) is 0.861. The zero-order valence-corrected chi connectivity index (χ0v) is 11.9. The summed E-state index contributed by atoms with van der Waals surface area (Å²) in [5, 5.41) is 3.40. The molecule has 2 rings (SSSR count). The lowest BCUT2D eigenvalue weighted by Gasteiger charge is -2.20. The second kappa shape index (κ2) is 7.06. The van der Waals surface area contributed by atoms with Crippen LogP contribution in [0.4, 0.5) is 4.39 Å². The number of benzene rings is 2. The van der Waals surface area contributed by atoms with Crippen molar-refractivity contribution < 1.29 is 9.13 Å². The zero-order valence-electron chi connectivity index (χ0n) is 11.9. The van der Waals surface area contributed by atoms with E-state index in [0.29, 0.717) is 5.56 Å². The van der Waals surface area contributed by atoms with Crippen molar-refractivity contribution in [3.8, 4) is 5.75 Å². The Morgan fingerprint density at radius 3 is 2.65 bits per heavy atom. The van der Waals surface area contributed by atoms with Gasteiger partial charge in [0.25, 0.3) is 0 Å². The molecule has 0 spiro atoms. The number of hydrogen-bond acceptors (Lipinski definition) is 2. The molecule has 1 unspecified atom stereocenters. The lowest BCUT2D eigenvalue weighted by atomic mass is 9.98. The highest BCUT2D eigenvalue weighted by atomic mass is 19.1. The van der Waals surface area contributed by atoms with Crippen molar-refractivity contribution in [2.75, 3.05) is 13.7 Å². The van der Waals surface area contributed by atoms with Gasteiger partial charge < -0.3 is 10.1 Å². The van der Waals surface area contributed by atoms with Gasteiger partial charge in [-0.05, 0) is 36.7 Å². The van der Waals surface area contributed by atoms with Crippen LogP contribution in [0.15, 0.2) is 48.5 Å². The van der Waals surface area contributed by atoms with E-state index in [4.69, 9.17) is 4.74 Å². The molecule has 0 aromatic heterocycles. The Kier molecular flexibility index (Phi) is 5.13. The first-order valence-electron chi connectivity index (χ1n) is 6.88. The van der Waals surface area contributed by atoms with E-state index in [0.717, 1.165) is 24.3 Å². The molecular formula is C17H20FNO. The van der Waals surface area contributed by atoms with E-state index in [2.05, 4.69) is 12.2 Å². The van der Waals surface area contributed by atoms with Crippen LogP contribution in [0.2, 0.25) is 0 Å². The minimum Gasteiger partial charge on any atom is -0.497 e. The van der Waals surface area contributed by atoms with Crippen molar-refractivity contribution in [1.82, 2.24) is 5.32 Å². The van der Waals surface area contributed by atoms with Crippen LogP contribution < -0.4 is 10.1 Å². The van der Waals surface area contributed by atoms with E-state index in [9.17, 15) is 4.39 Å². The van der Waals surface area contributed by atoms with Crippen molar-refractivity contribution in [1.29, 1.82) is 0 Å². The minimum atomic E-state index is -0.191. The van der Waals surface area contributed by atoms with E-state index in [-0.39, 0.29) is 11.9 Å². The lowest BCUT2D eigenvalue weighted by molar-refractivity contribution is 0.413. The summed E-state index contributed by atoms with van der Waals surface area (Å²) >= 11 is 0. The summed E-state index contributed by atoms with van der Waals surface area (Å²) in [6.07, 6.45) is 0.995. The summed E-state index contributed by atoms with van der Waals surface area (Å²) in [5.74, 6) is 0.589. The predicted octanol–water partition coefficient (Wildman–Crippen LogP) is 3.92. The summed E-state index contributed by atoms with van der Waals surface area (Å²) in [4.78, 5) is 0. The van der Waals surface area contributed by atoms with Crippen LogP contribution in [-0.2, 0) is 0 Å². The van der Waals surface area contributed by atoms with Crippen molar-refractivity contribution in [3.05, 3.63) is 65.5 Å². The average molecular weight is 273 g/mol. The predicted molar refractivity (Wildman–Crippen MR) is 79.5 cm³/mol. The first-order chi connectivity index (χ1) is 9.76. The second-order valence-electron chi connectivity index (χ2n) is 4.69. The van der Waals surface area contributed by atoms with Crippen LogP contribution in [0.1, 0.15) is 30.5 Å². The van der Waals surface area contributed by atoms with Gasteiger partial charge in [0.1, 0.15) is 11.6 Å². The van der Waals surface area contributed by atoms with Gasteiger partial charge in [0.05, 0.1) is 13.2 Å². The van der Waals surface area contributed by atoms with Crippen molar-refractivity contribution in [3.63, 3.8) is 0 Å². The summed E-state index contributed by atoms with van der Waals surface area (Å²) in [6.45, 7) is 2.92. The number of rotatable bonds is 6. The number of nitrogens with one attached hydrogen (secondary N) is 1. The van der Waals surface area contributed by atoms with Gasteiger partial charge in [-0.3, -0.25) is 0 Å². The van der Waals surface area contributed by atoms with E-state index >= 15 is 0 Å². The maximum absolute atomic E-state index is 14.1. The maximum Gasteiger partial charge on any atom is 0.128 e. The molecule has 2 aromatic carbocycles. The molecule has 3 heteroatoms. The Bertz CT molecular complexity index is 556. The van der Waals surface area contributed by atoms with Crippen LogP contribution in [-0.4, -0.2) is 13.7 Å². The molecule has 0 aliphatic carbocycles. The Balaban J connectivity index is 2.38. The highest BCUT2D eigenvalue weighted by Crippen LogP contribution is 2.26. The molecule has 2 aromatic rings. The van der Waals surface area contributed by atoms with Gasteiger partial charge in [-0.15, -0.1) is 0 Å². The fourth-order valence-electron chi connectivity index (χ4n) is 2.23. The zero-order chi connectivity index (χ0) is 14.4. The molecule has 1 N–H and O–H groups in total. The molecule has 2 nitrogen and oxygen atoms in total. The third-order valence-corrected chi connectivity index (χ3v) is 3.24. The lowest BCUT2D eigenvalue weighted by Crippen LogP contribution is -2.24. The molecule has 0 radical (unpaired) electrons. The van der Waals surface area contributed by atoms with Crippen LogP contribution >= 0.6 is 0 Å². The van der Waals surface area contributed by atoms with E-state index in [1.165, 1.54) is 6.07 Å². The molecule has 0 aliphatic heterocycles. The second-order valence-corrected chi connectivity index (χ2v) is 4.69. The monoisotopic (exact) mass is 273 g/mol. The third kappa shape index (κ3) is 3.36. The molecule has 0 saturated carbocycles. The smallest absolute Gasteiger partial charge is 0.128 e. The van der Waals surface area contributed by atoms with Crippen molar-refractivity contribution >= 4 is 0 Å². The summed E-state index contributed by atoms with van der Waals surface area (Å²) < 4.78 is 19.3. The van der Waals surface area contributed by atoms with Crippen LogP contribution in [0.3, 0.4) is 0 Å². The third-order valence-electron chi connectivity index (χ3n) is 3.24. The van der Waals surface area contributed by atoms with Gasteiger partial charge in [-0.25, -0.2) is 4.39 Å². The molecule has 20 heavy (non-hydrogen) atoms. The summed E-state index contributed by atoms with van der Waals surface area (Å²) in [6, 6.07) is 14.5. The van der Waals surface area contributed by atoms with Gasteiger partial charge in [0.2, 0.25) is 0 Å². The Labute approximate surface area is 119 Å². The molecule has 0 heterocycles. The first kappa shape index (κ1) is 14.5. The normalized spacial score (nSPS) is 12.2. The van der Waals surface area contributed by atoms with Gasteiger partial charge in [-0.1, -0.05) is 37.3 Å². The maximum atomic E-state index is 14.1. The van der Waals surface area contributed by atoms with Gasteiger partial charge in [-0.2, -0.15) is 0 Å². The summed E-state index contributed by atoms with van der Waals surface area (Å²) in [5.41, 5.74) is 1.66. The average Bonchev–Trinajstić information content (AvgIpc) is 2.49. The van der Waals surface area contributed by atoms with E-state index in [1.807, 2.05) is 36.4 Å². The standard InChI is InChI=1S/C17H20FNO/c1-3-11-19-17(15-9-4-5-10-16(15)18)13-7-6-8-14(12-13)20-2/h4-10,12,17,19H,3,11H2,1-2H3. The number of methoxy groups -OCH3 is 1. The van der Waals surface area contributed by atoms with Crippen LogP contribution in [0, 0.1) is 5.82 Å². The van der Waals surface area contributed by atoms with Crippen molar-refractivity contribution in [2.45, 2.75) is 19.4 Å². The van der Waals surface area contributed by atoms with Gasteiger partial charge in [0, 0.05) is 5.56 Å². The minimum absolute atomic E-state index is 0.161.